The first-order valence-electron chi connectivity index (χ1n) is 6.22. The third-order valence-electron chi connectivity index (χ3n) is 2.85. The summed E-state index contributed by atoms with van der Waals surface area (Å²) in [5.41, 5.74) is 1.18. The highest BCUT2D eigenvalue weighted by molar-refractivity contribution is 5.87. The topological polar surface area (TPSA) is 30.5 Å². The van der Waals surface area contributed by atoms with Crippen LogP contribution >= 0.6 is 0 Å². The van der Waals surface area contributed by atoms with E-state index in [2.05, 4.69) is 23.5 Å². The van der Waals surface area contributed by atoms with Gasteiger partial charge in [0.2, 0.25) is 0 Å². The number of benzene rings is 2. The maximum Gasteiger partial charge on any atom is 0.189 e. The molecule has 0 heterocycles. The fourth-order valence-electron chi connectivity index (χ4n) is 2.00. The zero-order chi connectivity index (χ0) is 12.8. The van der Waals surface area contributed by atoms with Crippen molar-refractivity contribution in [3.8, 4) is 5.75 Å². The standard InChI is InChI=1S/C15H19NO2/c1-3-17-11-18-15-9-8-12-6-4-5-7-13(12)14(15)10-16-2/h4-9,16H,3,10-11H2,1-2H3. The SMILES string of the molecule is CCOCOc1ccc2ccccc2c1CNC. The molecule has 2 aromatic carbocycles. The van der Waals surface area contributed by atoms with E-state index < -0.39 is 0 Å². The van der Waals surface area contributed by atoms with E-state index in [1.54, 1.807) is 0 Å². The van der Waals surface area contributed by atoms with Crippen molar-refractivity contribution in [3.63, 3.8) is 0 Å². The maximum atomic E-state index is 5.68. The zero-order valence-electron chi connectivity index (χ0n) is 10.9. The summed E-state index contributed by atoms with van der Waals surface area (Å²) in [7, 11) is 1.94. The van der Waals surface area contributed by atoms with Gasteiger partial charge in [0.05, 0.1) is 0 Å². The second kappa shape index (κ2) is 6.38. The van der Waals surface area contributed by atoms with Crippen molar-refractivity contribution >= 4 is 10.8 Å². The molecule has 0 amide bonds. The first-order chi connectivity index (χ1) is 8.86. The van der Waals surface area contributed by atoms with Crippen LogP contribution in [-0.4, -0.2) is 20.4 Å². The van der Waals surface area contributed by atoms with Gasteiger partial charge < -0.3 is 14.8 Å². The van der Waals surface area contributed by atoms with Gasteiger partial charge in [0.15, 0.2) is 6.79 Å². The van der Waals surface area contributed by atoms with Crippen LogP contribution < -0.4 is 10.1 Å². The van der Waals surface area contributed by atoms with Gasteiger partial charge in [-0.1, -0.05) is 30.3 Å². The molecule has 3 heteroatoms. The van der Waals surface area contributed by atoms with E-state index in [4.69, 9.17) is 9.47 Å². The predicted molar refractivity (Wildman–Crippen MR) is 73.8 cm³/mol. The lowest BCUT2D eigenvalue weighted by Crippen LogP contribution is -2.10. The van der Waals surface area contributed by atoms with E-state index in [1.807, 2.05) is 32.2 Å². The number of rotatable bonds is 6. The minimum atomic E-state index is 0.297. The molecule has 0 saturated carbocycles. The van der Waals surface area contributed by atoms with Gasteiger partial charge in [-0.15, -0.1) is 0 Å². The summed E-state index contributed by atoms with van der Waals surface area (Å²) in [6, 6.07) is 12.4. The van der Waals surface area contributed by atoms with Crippen LogP contribution in [0.4, 0.5) is 0 Å². The van der Waals surface area contributed by atoms with E-state index in [-0.39, 0.29) is 0 Å². The van der Waals surface area contributed by atoms with E-state index in [1.165, 1.54) is 16.3 Å². The molecule has 0 aromatic heterocycles. The Morgan fingerprint density at radius 1 is 1.11 bits per heavy atom. The van der Waals surface area contributed by atoms with Gasteiger partial charge in [-0.2, -0.15) is 0 Å². The van der Waals surface area contributed by atoms with Gasteiger partial charge in [-0.25, -0.2) is 0 Å². The molecule has 18 heavy (non-hydrogen) atoms. The summed E-state index contributed by atoms with van der Waals surface area (Å²) in [6.07, 6.45) is 0. The van der Waals surface area contributed by atoms with Crippen LogP contribution in [0.3, 0.4) is 0 Å². The van der Waals surface area contributed by atoms with Gasteiger partial charge in [0, 0.05) is 18.7 Å². The van der Waals surface area contributed by atoms with Crippen molar-refractivity contribution in [3.05, 3.63) is 42.0 Å². The molecule has 0 radical (unpaired) electrons. The van der Waals surface area contributed by atoms with Crippen LogP contribution in [0.1, 0.15) is 12.5 Å². The summed E-state index contributed by atoms with van der Waals surface area (Å²) in [6.45, 7) is 3.70. The molecular formula is C15H19NO2. The normalized spacial score (nSPS) is 10.8. The number of fused-ring (bicyclic) bond motifs is 1. The Labute approximate surface area is 108 Å². The molecule has 3 nitrogen and oxygen atoms in total. The number of hydrogen-bond donors (Lipinski definition) is 1. The second-order valence-corrected chi connectivity index (χ2v) is 4.05. The highest BCUT2D eigenvalue weighted by Gasteiger charge is 2.07. The average molecular weight is 245 g/mol. The van der Waals surface area contributed by atoms with E-state index in [0.29, 0.717) is 13.4 Å². The van der Waals surface area contributed by atoms with Crippen molar-refractivity contribution in [2.45, 2.75) is 13.5 Å². The summed E-state index contributed by atoms with van der Waals surface area (Å²) in [4.78, 5) is 0. The average Bonchev–Trinajstić information content (AvgIpc) is 2.41. The monoisotopic (exact) mass is 245 g/mol. The number of ether oxygens (including phenoxy) is 2. The van der Waals surface area contributed by atoms with Gasteiger partial charge >= 0.3 is 0 Å². The van der Waals surface area contributed by atoms with Crippen LogP contribution in [-0.2, 0) is 11.3 Å². The van der Waals surface area contributed by atoms with Crippen molar-refractivity contribution in [2.75, 3.05) is 20.4 Å². The fourth-order valence-corrected chi connectivity index (χ4v) is 2.00. The predicted octanol–water partition coefficient (Wildman–Crippen LogP) is 2.93. The maximum absolute atomic E-state index is 5.68. The molecule has 0 aliphatic carbocycles. The third-order valence-corrected chi connectivity index (χ3v) is 2.85. The van der Waals surface area contributed by atoms with E-state index in [9.17, 15) is 0 Å². The molecule has 2 rings (SSSR count). The minimum absolute atomic E-state index is 0.297. The molecular weight excluding hydrogens is 226 g/mol. The summed E-state index contributed by atoms with van der Waals surface area (Å²) in [5, 5.41) is 5.64. The summed E-state index contributed by atoms with van der Waals surface area (Å²) >= 11 is 0. The van der Waals surface area contributed by atoms with Crippen LogP contribution in [0, 0.1) is 0 Å². The van der Waals surface area contributed by atoms with Gasteiger partial charge in [0.1, 0.15) is 5.75 Å². The Morgan fingerprint density at radius 3 is 2.72 bits per heavy atom. The number of nitrogens with one attached hydrogen (secondary N) is 1. The fraction of sp³-hybridized carbons (Fsp3) is 0.333. The van der Waals surface area contributed by atoms with E-state index in [0.717, 1.165) is 12.3 Å². The molecule has 0 spiro atoms. The lowest BCUT2D eigenvalue weighted by Gasteiger charge is -2.13. The Morgan fingerprint density at radius 2 is 1.94 bits per heavy atom. The molecule has 0 aliphatic rings. The smallest absolute Gasteiger partial charge is 0.189 e. The molecule has 0 saturated heterocycles. The highest BCUT2D eigenvalue weighted by Crippen LogP contribution is 2.28. The molecule has 0 unspecified atom stereocenters. The van der Waals surface area contributed by atoms with Gasteiger partial charge in [0.25, 0.3) is 0 Å². The van der Waals surface area contributed by atoms with Crippen LogP contribution in [0.15, 0.2) is 36.4 Å². The summed E-state index contributed by atoms with van der Waals surface area (Å²) < 4.78 is 10.9. The highest BCUT2D eigenvalue weighted by atomic mass is 16.7. The molecule has 2 aromatic rings. The molecule has 0 bridgehead atoms. The molecule has 0 aliphatic heterocycles. The van der Waals surface area contributed by atoms with Crippen molar-refractivity contribution in [1.29, 1.82) is 0 Å². The quantitative estimate of drug-likeness (QED) is 0.627. The largest absolute Gasteiger partial charge is 0.467 e. The molecule has 0 atom stereocenters. The Balaban J connectivity index is 2.35. The van der Waals surface area contributed by atoms with Crippen LogP contribution in [0.25, 0.3) is 10.8 Å². The molecule has 96 valence electrons. The first kappa shape index (κ1) is 12.9. The Hall–Kier alpha value is -1.58. The third kappa shape index (κ3) is 2.81. The molecule has 1 N–H and O–H groups in total. The van der Waals surface area contributed by atoms with Gasteiger partial charge in [-0.3, -0.25) is 0 Å². The van der Waals surface area contributed by atoms with Crippen molar-refractivity contribution < 1.29 is 9.47 Å². The van der Waals surface area contributed by atoms with E-state index >= 15 is 0 Å². The second-order valence-electron chi connectivity index (χ2n) is 4.05. The summed E-state index contributed by atoms with van der Waals surface area (Å²) in [5.74, 6) is 0.886. The zero-order valence-corrected chi connectivity index (χ0v) is 10.9. The lowest BCUT2D eigenvalue weighted by molar-refractivity contribution is 0.0219. The minimum Gasteiger partial charge on any atom is -0.467 e. The first-order valence-corrected chi connectivity index (χ1v) is 6.22. The number of hydrogen-bond acceptors (Lipinski definition) is 3. The lowest BCUT2D eigenvalue weighted by atomic mass is 10.0. The van der Waals surface area contributed by atoms with Crippen LogP contribution in [0.2, 0.25) is 0 Å². The van der Waals surface area contributed by atoms with Crippen molar-refractivity contribution in [1.82, 2.24) is 5.32 Å². The van der Waals surface area contributed by atoms with Crippen LogP contribution in [0.5, 0.6) is 5.75 Å². The Kier molecular flexibility index (Phi) is 4.56. The van der Waals surface area contributed by atoms with Crippen molar-refractivity contribution in [2.24, 2.45) is 0 Å². The molecule has 0 fully saturated rings. The van der Waals surface area contributed by atoms with Gasteiger partial charge in [-0.05, 0) is 30.8 Å². The Bertz CT molecular complexity index is 511.